The van der Waals surface area contributed by atoms with Gasteiger partial charge in [0.25, 0.3) is 0 Å². The van der Waals surface area contributed by atoms with E-state index in [0.29, 0.717) is 0 Å². The van der Waals surface area contributed by atoms with Gasteiger partial charge in [0.1, 0.15) is 5.37 Å². The molecule has 2 aliphatic carbocycles. The van der Waals surface area contributed by atoms with Gasteiger partial charge in [-0.1, -0.05) is 176 Å². The molecule has 10 aromatic carbocycles. The molecule has 270 valence electrons. The Morgan fingerprint density at radius 1 is 0.379 bits per heavy atom. The number of rotatable bonds is 3. The Bertz CT molecular complexity index is 3320. The van der Waals surface area contributed by atoms with Gasteiger partial charge in [-0.3, -0.25) is 0 Å². The first kappa shape index (κ1) is 32.2. The van der Waals surface area contributed by atoms with Crippen LogP contribution in [-0.2, 0) is 5.41 Å². The Morgan fingerprint density at radius 2 is 0.966 bits per heavy atom. The molecule has 2 heteroatoms. The van der Waals surface area contributed by atoms with Crippen LogP contribution >= 0.6 is 11.8 Å². The van der Waals surface area contributed by atoms with Gasteiger partial charge in [0.05, 0.1) is 5.41 Å². The Hall–Kier alpha value is -6.87. The lowest BCUT2D eigenvalue weighted by molar-refractivity contribution is 0.795. The highest BCUT2D eigenvalue weighted by atomic mass is 32.2. The fourth-order valence-corrected chi connectivity index (χ4v) is 11.8. The van der Waals surface area contributed by atoms with E-state index in [1.165, 1.54) is 115 Å². The van der Waals surface area contributed by atoms with Gasteiger partial charge < -0.3 is 5.32 Å². The summed E-state index contributed by atoms with van der Waals surface area (Å²) < 4.78 is 0. The van der Waals surface area contributed by atoms with Crippen molar-refractivity contribution in [2.45, 2.75) is 15.7 Å². The molecular formula is C56H35NS. The second-order valence-corrected chi connectivity index (χ2v) is 17.1. The van der Waals surface area contributed by atoms with Crippen LogP contribution in [0.15, 0.2) is 205 Å². The maximum absolute atomic E-state index is 3.80. The topological polar surface area (TPSA) is 12.0 Å². The summed E-state index contributed by atoms with van der Waals surface area (Å²) in [6, 6.07) is 75.1. The Balaban J connectivity index is 0.967. The van der Waals surface area contributed by atoms with Gasteiger partial charge >= 0.3 is 0 Å². The van der Waals surface area contributed by atoms with Crippen molar-refractivity contribution in [2.24, 2.45) is 0 Å². The summed E-state index contributed by atoms with van der Waals surface area (Å²) in [6.45, 7) is 0. The highest BCUT2D eigenvalue weighted by Crippen LogP contribution is 2.63. The lowest BCUT2D eigenvalue weighted by Crippen LogP contribution is -2.25. The minimum atomic E-state index is -0.401. The molecule has 10 aromatic rings. The molecule has 1 heterocycles. The third-order valence-electron chi connectivity index (χ3n) is 13.1. The van der Waals surface area contributed by atoms with Crippen molar-refractivity contribution in [3.63, 3.8) is 0 Å². The fraction of sp³-hybridized carbons (Fsp3) is 0.0357. The average molecular weight is 754 g/mol. The summed E-state index contributed by atoms with van der Waals surface area (Å²) in [7, 11) is 0. The quantitative estimate of drug-likeness (QED) is 0.180. The molecule has 1 atom stereocenters. The van der Waals surface area contributed by atoms with Gasteiger partial charge in [-0.2, -0.15) is 0 Å². The highest BCUT2D eigenvalue weighted by Gasteiger charge is 2.51. The third-order valence-corrected chi connectivity index (χ3v) is 14.4. The van der Waals surface area contributed by atoms with Crippen molar-refractivity contribution in [2.75, 3.05) is 5.32 Å². The fourth-order valence-electron chi connectivity index (χ4n) is 10.5. The van der Waals surface area contributed by atoms with E-state index in [9.17, 15) is 0 Å². The molecule has 0 aromatic heterocycles. The van der Waals surface area contributed by atoms with Gasteiger partial charge in [0, 0.05) is 16.0 Å². The zero-order valence-corrected chi connectivity index (χ0v) is 32.4. The summed E-state index contributed by atoms with van der Waals surface area (Å²) in [5.41, 5.74) is 17.8. The summed E-state index contributed by atoms with van der Waals surface area (Å²) >= 11 is 1.93. The van der Waals surface area contributed by atoms with E-state index in [1.807, 2.05) is 11.8 Å². The van der Waals surface area contributed by atoms with Crippen LogP contribution in [0, 0.1) is 0 Å². The molecule has 58 heavy (non-hydrogen) atoms. The maximum Gasteiger partial charge on any atom is 0.103 e. The number of benzene rings is 10. The molecular weight excluding hydrogens is 719 g/mol. The van der Waals surface area contributed by atoms with Gasteiger partial charge in [0.2, 0.25) is 0 Å². The molecule has 1 unspecified atom stereocenters. The number of nitrogens with one attached hydrogen (secondary N) is 1. The SMILES string of the molecule is c1ccc(C2Nc3ccc4ccc5ccc(-c6cccc(-c7ccc8c(c7)C7(c9ccccc9-c9ccccc97)c7cc9ccccc9cc7-8)c6)cc5c4c3S2)cc1. The molecule has 13 rings (SSSR count). The van der Waals surface area contributed by atoms with Crippen molar-refractivity contribution in [3.05, 3.63) is 228 Å². The molecule has 1 aliphatic heterocycles. The molecule has 0 bridgehead atoms. The maximum atomic E-state index is 3.80. The zero-order valence-electron chi connectivity index (χ0n) is 31.5. The first-order valence-electron chi connectivity index (χ1n) is 20.2. The molecule has 3 aliphatic rings. The van der Waals surface area contributed by atoms with Gasteiger partial charge in [-0.25, -0.2) is 0 Å². The predicted octanol–water partition coefficient (Wildman–Crippen LogP) is 15.0. The zero-order chi connectivity index (χ0) is 38.0. The van der Waals surface area contributed by atoms with Crippen LogP contribution in [0.1, 0.15) is 33.2 Å². The smallest absolute Gasteiger partial charge is 0.103 e. The summed E-state index contributed by atoms with van der Waals surface area (Å²) in [5, 5.41) is 11.7. The van der Waals surface area contributed by atoms with E-state index in [2.05, 4.69) is 206 Å². The number of fused-ring (bicyclic) bond motifs is 16. The minimum absolute atomic E-state index is 0.196. The first-order chi connectivity index (χ1) is 28.7. The van der Waals surface area contributed by atoms with E-state index in [0.717, 1.165) is 0 Å². The van der Waals surface area contributed by atoms with Crippen LogP contribution in [0.25, 0.3) is 76.8 Å². The van der Waals surface area contributed by atoms with Crippen molar-refractivity contribution in [3.8, 4) is 44.5 Å². The second kappa shape index (κ2) is 12.1. The second-order valence-electron chi connectivity index (χ2n) is 16.0. The standard InChI is InChI=1S/C56H35NS/c1-2-11-36(12-3-1)55-57-52-28-26-35-23-21-34-22-24-41(30-46(34)53(35)54(52)58-55)37-15-10-16-38(29-37)42-25-27-45-47-31-39-13-4-5-14-40(39)32-51(47)56(50(45)33-42)48-19-8-6-17-43(48)44-18-7-9-20-49(44)56/h1-33,55,57H. The lowest BCUT2D eigenvalue weighted by Gasteiger charge is -2.31. The molecule has 1 N–H and O–H groups in total. The molecule has 0 fully saturated rings. The van der Waals surface area contributed by atoms with Crippen LogP contribution in [0.4, 0.5) is 5.69 Å². The highest BCUT2D eigenvalue weighted by molar-refractivity contribution is 8.00. The van der Waals surface area contributed by atoms with Gasteiger partial charge in [-0.15, -0.1) is 0 Å². The van der Waals surface area contributed by atoms with Crippen molar-refractivity contribution in [1.29, 1.82) is 0 Å². The number of hydrogen-bond donors (Lipinski definition) is 1. The normalized spacial score (nSPS) is 15.3. The largest absolute Gasteiger partial charge is 0.368 e. The van der Waals surface area contributed by atoms with E-state index < -0.39 is 5.41 Å². The van der Waals surface area contributed by atoms with E-state index in [1.54, 1.807) is 0 Å². The van der Waals surface area contributed by atoms with Crippen molar-refractivity contribution in [1.82, 2.24) is 0 Å². The van der Waals surface area contributed by atoms with E-state index in [4.69, 9.17) is 0 Å². The summed E-state index contributed by atoms with van der Waals surface area (Å²) in [5.74, 6) is 0. The summed E-state index contributed by atoms with van der Waals surface area (Å²) in [4.78, 5) is 1.33. The van der Waals surface area contributed by atoms with E-state index >= 15 is 0 Å². The Morgan fingerprint density at radius 3 is 1.76 bits per heavy atom. The molecule has 0 radical (unpaired) electrons. The predicted molar refractivity (Wildman–Crippen MR) is 245 cm³/mol. The van der Waals surface area contributed by atoms with Crippen LogP contribution in [0.3, 0.4) is 0 Å². The van der Waals surface area contributed by atoms with E-state index in [-0.39, 0.29) is 5.37 Å². The third kappa shape index (κ3) is 4.44. The van der Waals surface area contributed by atoms with Crippen LogP contribution in [-0.4, -0.2) is 0 Å². The number of thioether (sulfide) groups is 1. The lowest BCUT2D eigenvalue weighted by atomic mass is 9.70. The van der Waals surface area contributed by atoms with Crippen molar-refractivity contribution >= 4 is 49.8 Å². The van der Waals surface area contributed by atoms with Crippen LogP contribution in [0.2, 0.25) is 0 Å². The van der Waals surface area contributed by atoms with Crippen molar-refractivity contribution < 1.29 is 0 Å². The molecule has 0 saturated carbocycles. The Labute approximate surface area is 341 Å². The molecule has 0 saturated heterocycles. The number of hydrogen-bond acceptors (Lipinski definition) is 2. The molecule has 1 nitrogen and oxygen atoms in total. The van der Waals surface area contributed by atoms with Crippen LogP contribution in [0.5, 0.6) is 0 Å². The molecule has 1 spiro atoms. The Kier molecular flexibility index (Phi) is 6.71. The minimum Gasteiger partial charge on any atom is -0.368 e. The monoisotopic (exact) mass is 753 g/mol. The first-order valence-corrected chi connectivity index (χ1v) is 21.1. The van der Waals surface area contributed by atoms with Gasteiger partial charge in [-0.05, 0) is 136 Å². The number of anilines is 1. The van der Waals surface area contributed by atoms with Crippen LogP contribution < -0.4 is 5.32 Å². The average Bonchev–Trinajstić information content (AvgIpc) is 3.95. The molecule has 0 amide bonds. The summed E-state index contributed by atoms with van der Waals surface area (Å²) in [6.07, 6.45) is 0. The van der Waals surface area contributed by atoms with Gasteiger partial charge in [0.15, 0.2) is 0 Å².